The van der Waals surface area contributed by atoms with Crippen LogP contribution in [0.4, 0.5) is 8.78 Å². The standard InChI is InChI=1S/C16H17F2N/c1-12-9-16(18)6-5-14(12)7-8-19-11-13-3-2-4-15(17)10-13/h2-6,9-10,19H,7-8,11H2,1H3. The molecule has 3 heteroatoms. The molecule has 0 unspecified atom stereocenters. The molecule has 0 fully saturated rings. The molecule has 100 valence electrons. The van der Waals surface area contributed by atoms with E-state index in [0.29, 0.717) is 6.54 Å². The normalized spacial score (nSPS) is 10.7. The molecule has 0 radical (unpaired) electrons. The van der Waals surface area contributed by atoms with Crippen molar-refractivity contribution in [3.05, 3.63) is 70.8 Å². The first-order valence-corrected chi connectivity index (χ1v) is 6.35. The Balaban J connectivity index is 1.81. The molecule has 0 aliphatic carbocycles. The highest BCUT2D eigenvalue weighted by atomic mass is 19.1. The van der Waals surface area contributed by atoms with E-state index in [-0.39, 0.29) is 11.6 Å². The van der Waals surface area contributed by atoms with Crippen LogP contribution in [0.25, 0.3) is 0 Å². The second-order valence-electron chi connectivity index (χ2n) is 4.63. The fraction of sp³-hybridized carbons (Fsp3) is 0.250. The predicted molar refractivity (Wildman–Crippen MR) is 72.9 cm³/mol. The summed E-state index contributed by atoms with van der Waals surface area (Å²) < 4.78 is 25.9. The van der Waals surface area contributed by atoms with Gasteiger partial charge < -0.3 is 5.32 Å². The van der Waals surface area contributed by atoms with Gasteiger partial charge in [-0.1, -0.05) is 18.2 Å². The van der Waals surface area contributed by atoms with Gasteiger partial charge in [-0.15, -0.1) is 0 Å². The Morgan fingerprint density at radius 1 is 1.00 bits per heavy atom. The van der Waals surface area contributed by atoms with Crippen LogP contribution in [0.15, 0.2) is 42.5 Å². The SMILES string of the molecule is Cc1cc(F)ccc1CCNCc1cccc(F)c1. The highest BCUT2D eigenvalue weighted by Gasteiger charge is 2.00. The molecule has 0 saturated heterocycles. The molecular formula is C16H17F2N. The van der Waals surface area contributed by atoms with E-state index in [0.717, 1.165) is 29.7 Å². The summed E-state index contributed by atoms with van der Waals surface area (Å²) in [6.07, 6.45) is 0.835. The van der Waals surface area contributed by atoms with Crippen molar-refractivity contribution in [3.8, 4) is 0 Å². The first kappa shape index (κ1) is 13.7. The van der Waals surface area contributed by atoms with E-state index in [2.05, 4.69) is 5.32 Å². The zero-order valence-corrected chi connectivity index (χ0v) is 10.9. The molecule has 0 saturated carbocycles. The molecule has 0 aliphatic heterocycles. The summed E-state index contributed by atoms with van der Waals surface area (Å²) in [7, 11) is 0. The second kappa shape index (κ2) is 6.43. The third kappa shape index (κ3) is 4.14. The molecular weight excluding hydrogens is 244 g/mol. The minimum absolute atomic E-state index is 0.200. The Bertz CT molecular complexity index is 552. The molecule has 0 atom stereocenters. The summed E-state index contributed by atoms with van der Waals surface area (Å²) in [6.45, 7) is 3.33. The summed E-state index contributed by atoms with van der Waals surface area (Å²) >= 11 is 0. The maximum absolute atomic E-state index is 13.0. The summed E-state index contributed by atoms with van der Waals surface area (Å²) in [5.74, 6) is -0.414. The first-order chi connectivity index (χ1) is 9.15. The van der Waals surface area contributed by atoms with Gasteiger partial charge in [-0.25, -0.2) is 8.78 Å². The van der Waals surface area contributed by atoms with Crippen LogP contribution in [0.5, 0.6) is 0 Å². The van der Waals surface area contributed by atoms with Crippen molar-refractivity contribution in [1.29, 1.82) is 0 Å². The Morgan fingerprint density at radius 3 is 2.53 bits per heavy atom. The van der Waals surface area contributed by atoms with Gasteiger partial charge in [0, 0.05) is 6.54 Å². The van der Waals surface area contributed by atoms with Crippen LogP contribution >= 0.6 is 0 Å². The molecule has 0 amide bonds. The van der Waals surface area contributed by atoms with E-state index < -0.39 is 0 Å². The van der Waals surface area contributed by atoms with E-state index in [4.69, 9.17) is 0 Å². The van der Waals surface area contributed by atoms with Crippen LogP contribution in [-0.2, 0) is 13.0 Å². The number of rotatable bonds is 5. The molecule has 2 aromatic rings. The number of nitrogens with one attached hydrogen (secondary N) is 1. The molecule has 0 heterocycles. The number of halogens is 2. The summed E-state index contributed by atoms with van der Waals surface area (Å²) in [5.41, 5.74) is 3.02. The van der Waals surface area contributed by atoms with Crippen molar-refractivity contribution < 1.29 is 8.78 Å². The minimum Gasteiger partial charge on any atom is -0.312 e. The predicted octanol–water partition coefficient (Wildman–Crippen LogP) is 3.61. The summed E-state index contributed by atoms with van der Waals surface area (Å²) in [4.78, 5) is 0. The Hall–Kier alpha value is -1.74. The van der Waals surface area contributed by atoms with Crippen molar-refractivity contribution in [2.45, 2.75) is 19.9 Å². The highest BCUT2D eigenvalue weighted by Crippen LogP contribution is 2.10. The summed E-state index contributed by atoms with van der Waals surface area (Å²) in [6, 6.07) is 11.4. The Kier molecular flexibility index (Phi) is 4.63. The van der Waals surface area contributed by atoms with Gasteiger partial charge in [-0.3, -0.25) is 0 Å². The zero-order chi connectivity index (χ0) is 13.7. The number of hydrogen-bond acceptors (Lipinski definition) is 1. The molecule has 0 bridgehead atoms. The van der Waals surface area contributed by atoms with Crippen LogP contribution in [-0.4, -0.2) is 6.54 Å². The smallest absolute Gasteiger partial charge is 0.123 e. The molecule has 2 rings (SSSR count). The number of hydrogen-bond donors (Lipinski definition) is 1. The van der Waals surface area contributed by atoms with Gasteiger partial charge in [0.1, 0.15) is 11.6 Å². The lowest BCUT2D eigenvalue weighted by atomic mass is 10.1. The molecule has 1 N–H and O–H groups in total. The van der Waals surface area contributed by atoms with Gasteiger partial charge >= 0.3 is 0 Å². The van der Waals surface area contributed by atoms with E-state index in [1.807, 2.05) is 19.1 Å². The quantitative estimate of drug-likeness (QED) is 0.811. The lowest BCUT2D eigenvalue weighted by Gasteiger charge is -2.08. The van der Waals surface area contributed by atoms with E-state index in [1.54, 1.807) is 12.1 Å². The lowest BCUT2D eigenvalue weighted by Crippen LogP contribution is -2.17. The van der Waals surface area contributed by atoms with Gasteiger partial charge in [0.2, 0.25) is 0 Å². The molecule has 1 nitrogen and oxygen atoms in total. The number of aryl methyl sites for hydroxylation is 1. The van der Waals surface area contributed by atoms with Crippen LogP contribution in [0.2, 0.25) is 0 Å². The first-order valence-electron chi connectivity index (χ1n) is 6.35. The average molecular weight is 261 g/mol. The zero-order valence-electron chi connectivity index (χ0n) is 10.9. The lowest BCUT2D eigenvalue weighted by molar-refractivity contribution is 0.619. The van der Waals surface area contributed by atoms with Crippen molar-refractivity contribution in [2.24, 2.45) is 0 Å². The Labute approximate surface area is 112 Å². The topological polar surface area (TPSA) is 12.0 Å². The molecule has 19 heavy (non-hydrogen) atoms. The summed E-state index contributed by atoms with van der Waals surface area (Å²) in [5, 5.41) is 3.26. The van der Waals surface area contributed by atoms with E-state index in [1.165, 1.54) is 18.2 Å². The van der Waals surface area contributed by atoms with E-state index >= 15 is 0 Å². The molecule has 2 aromatic carbocycles. The maximum atomic E-state index is 13.0. The van der Waals surface area contributed by atoms with Crippen LogP contribution in [0.1, 0.15) is 16.7 Å². The monoisotopic (exact) mass is 261 g/mol. The highest BCUT2D eigenvalue weighted by molar-refractivity contribution is 5.26. The second-order valence-corrected chi connectivity index (χ2v) is 4.63. The van der Waals surface area contributed by atoms with E-state index in [9.17, 15) is 8.78 Å². The van der Waals surface area contributed by atoms with Crippen LogP contribution in [0.3, 0.4) is 0 Å². The average Bonchev–Trinajstić information content (AvgIpc) is 2.37. The fourth-order valence-corrected chi connectivity index (χ4v) is 2.04. The third-order valence-electron chi connectivity index (χ3n) is 3.09. The van der Waals surface area contributed by atoms with Crippen molar-refractivity contribution in [3.63, 3.8) is 0 Å². The molecule has 0 aromatic heterocycles. The number of benzene rings is 2. The molecule has 0 aliphatic rings. The van der Waals surface area contributed by atoms with Gasteiger partial charge in [0.15, 0.2) is 0 Å². The van der Waals surface area contributed by atoms with Crippen molar-refractivity contribution in [1.82, 2.24) is 5.32 Å². The van der Waals surface area contributed by atoms with Crippen molar-refractivity contribution in [2.75, 3.05) is 6.54 Å². The van der Waals surface area contributed by atoms with Gasteiger partial charge in [-0.2, -0.15) is 0 Å². The Morgan fingerprint density at radius 2 is 1.79 bits per heavy atom. The van der Waals surface area contributed by atoms with Gasteiger partial charge in [-0.05, 0) is 60.8 Å². The van der Waals surface area contributed by atoms with Gasteiger partial charge in [0.05, 0.1) is 0 Å². The van der Waals surface area contributed by atoms with Crippen LogP contribution in [0, 0.1) is 18.6 Å². The van der Waals surface area contributed by atoms with Crippen LogP contribution < -0.4 is 5.32 Å². The third-order valence-corrected chi connectivity index (χ3v) is 3.09. The van der Waals surface area contributed by atoms with Gasteiger partial charge in [0.25, 0.3) is 0 Å². The molecule has 0 spiro atoms. The largest absolute Gasteiger partial charge is 0.312 e. The van der Waals surface area contributed by atoms with Crippen molar-refractivity contribution >= 4 is 0 Å². The fourth-order valence-electron chi connectivity index (χ4n) is 2.04. The minimum atomic E-state index is -0.214. The maximum Gasteiger partial charge on any atom is 0.123 e.